The third-order valence-electron chi connectivity index (χ3n) is 4.09. The molecule has 2 saturated carbocycles. The third kappa shape index (κ3) is 2.26. The maximum Gasteiger partial charge on any atom is 0.387 e. The van der Waals surface area contributed by atoms with Crippen molar-refractivity contribution in [2.45, 2.75) is 32.3 Å². The highest BCUT2D eigenvalue weighted by atomic mass is 19.3. The fourth-order valence-corrected chi connectivity index (χ4v) is 3.30. The molecule has 0 aliphatic heterocycles. The van der Waals surface area contributed by atoms with Gasteiger partial charge in [0.2, 0.25) is 0 Å². The van der Waals surface area contributed by atoms with Crippen molar-refractivity contribution in [2.75, 3.05) is 0 Å². The Balaban J connectivity index is 1.82. The smallest absolute Gasteiger partial charge is 0.387 e. The van der Waals surface area contributed by atoms with E-state index >= 15 is 0 Å². The van der Waals surface area contributed by atoms with Gasteiger partial charge in [-0.1, -0.05) is 23.8 Å². The summed E-state index contributed by atoms with van der Waals surface area (Å²) >= 11 is 0. The standard InChI is InChI=1S/C15H16F2O/c16-15(17)18-13-3-1-2-10(8-13)9-14-11-4-5-12(14)7-6-11/h1-3,8-9,11-12,15H,4-7H2. The van der Waals surface area contributed by atoms with Crippen molar-refractivity contribution in [1.82, 2.24) is 0 Å². The summed E-state index contributed by atoms with van der Waals surface area (Å²) in [6.07, 6.45) is 7.36. The molecular weight excluding hydrogens is 234 g/mol. The van der Waals surface area contributed by atoms with E-state index in [4.69, 9.17) is 0 Å². The van der Waals surface area contributed by atoms with Gasteiger partial charge in [0, 0.05) is 0 Å². The highest BCUT2D eigenvalue weighted by Crippen LogP contribution is 2.49. The molecule has 1 aromatic rings. The second kappa shape index (κ2) is 4.71. The van der Waals surface area contributed by atoms with E-state index < -0.39 is 6.61 Å². The lowest BCUT2D eigenvalue weighted by molar-refractivity contribution is -0.0498. The number of hydrogen-bond donors (Lipinski definition) is 0. The average Bonchev–Trinajstić information content (AvgIpc) is 2.88. The zero-order valence-corrected chi connectivity index (χ0v) is 10.1. The Morgan fingerprint density at radius 1 is 1.11 bits per heavy atom. The van der Waals surface area contributed by atoms with E-state index in [0.29, 0.717) is 0 Å². The van der Waals surface area contributed by atoms with Crippen LogP contribution in [0.25, 0.3) is 6.08 Å². The summed E-state index contributed by atoms with van der Waals surface area (Å²) < 4.78 is 28.7. The van der Waals surface area contributed by atoms with Crippen LogP contribution in [0.15, 0.2) is 29.8 Å². The molecule has 3 heteroatoms. The molecule has 18 heavy (non-hydrogen) atoms. The molecule has 2 bridgehead atoms. The zero-order valence-electron chi connectivity index (χ0n) is 10.1. The predicted octanol–water partition coefficient (Wildman–Crippen LogP) is 4.49. The van der Waals surface area contributed by atoms with Gasteiger partial charge in [0.1, 0.15) is 5.75 Å². The first-order valence-corrected chi connectivity index (χ1v) is 6.49. The highest BCUT2D eigenvalue weighted by molar-refractivity contribution is 5.57. The van der Waals surface area contributed by atoms with Crippen molar-refractivity contribution < 1.29 is 13.5 Å². The Kier molecular flexibility index (Phi) is 3.06. The van der Waals surface area contributed by atoms with Gasteiger partial charge in [0.05, 0.1) is 0 Å². The molecule has 0 aromatic heterocycles. The van der Waals surface area contributed by atoms with Crippen LogP contribution in [0.5, 0.6) is 5.75 Å². The monoisotopic (exact) mass is 250 g/mol. The van der Waals surface area contributed by atoms with Gasteiger partial charge in [-0.05, 0) is 55.2 Å². The molecule has 1 aromatic carbocycles. The first-order valence-electron chi connectivity index (χ1n) is 6.49. The summed E-state index contributed by atoms with van der Waals surface area (Å²) in [7, 11) is 0. The summed E-state index contributed by atoms with van der Waals surface area (Å²) in [5.74, 6) is 1.70. The van der Waals surface area contributed by atoms with Gasteiger partial charge >= 0.3 is 6.61 Å². The summed E-state index contributed by atoms with van der Waals surface area (Å²) in [5.41, 5.74) is 2.49. The predicted molar refractivity (Wildman–Crippen MR) is 66.5 cm³/mol. The minimum atomic E-state index is -2.75. The van der Waals surface area contributed by atoms with Crippen LogP contribution in [0.1, 0.15) is 31.2 Å². The second-order valence-electron chi connectivity index (χ2n) is 5.14. The first kappa shape index (κ1) is 11.7. The van der Waals surface area contributed by atoms with Gasteiger partial charge in [0.15, 0.2) is 0 Å². The molecule has 0 radical (unpaired) electrons. The average molecular weight is 250 g/mol. The van der Waals surface area contributed by atoms with Crippen LogP contribution in [0.4, 0.5) is 8.78 Å². The van der Waals surface area contributed by atoms with Crippen LogP contribution in [0.2, 0.25) is 0 Å². The van der Waals surface area contributed by atoms with Gasteiger partial charge < -0.3 is 4.74 Å². The molecule has 0 N–H and O–H groups in total. The fourth-order valence-electron chi connectivity index (χ4n) is 3.30. The van der Waals surface area contributed by atoms with Crippen molar-refractivity contribution in [3.8, 4) is 5.75 Å². The van der Waals surface area contributed by atoms with Crippen molar-refractivity contribution in [3.05, 3.63) is 35.4 Å². The second-order valence-corrected chi connectivity index (χ2v) is 5.14. The van der Waals surface area contributed by atoms with E-state index in [1.807, 2.05) is 6.07 Å². The number of fused-ring (bicyclic) bond motifs is 2. The number of benzene rings is 1. The molecule has 2 fully saturated rings. The molecule has 2 aliphatic rings. The van der Waals surface area contributed by atoms with Crippen LogP contribution >= 0.6 is 0 Å². The molecule has 0 atom stereocenters. The lowest BCUT2D eigenvalue weighted by Crippen LogP contribution is -2.01. The number of hydrogen-bond acceptors (Lipinski definition) is 1. The third-order valence-corrected chi connectivity index (χ3v) is 4.09. The molecule has 0 unspecified atom stereocenters. The van der Waals surface area contributed by atoms with E-state index in [1.165, 1.54) is 31.3 Å². The summed E-state index contributed by atoms with van der Waals surface area (Å²) in [6, 6.07) is 6.97. The summed E-state index contributed by atoms with van der Waals surface area (Å²) in [4.78, 5) is 0. The molecule has 2 aliphatic carbocycles. The lowest BCUT2D eigenvalue weighted by atomic mass is 10.0. The molecule has 0 saturated heterocycles. The Morgan fingerprint density at radius 2 is 1.78 bits per heavy atom. The van der Waals surface area contributed by atoms with E-state index in [-0.39, 0.29) is 5.75 Å². The molecule has 0 heterocycles. The van der Waals surface area contributed by atoms with Crippen molar-refractivity contribution in [2.24, 2.45) is 11.8 Å². The van der Waals surface area contributed by atoms with Crippen LogP contribution in [-0.2, 0) is 0 Å². The van der Waals surface area contributed by atoms with Crippen molar-refractivity contribution >= 4 is 6.08 Å². The molecule has 0 amide bonds. The number of allylic oxidation sites excluding steroid dienone is 1. The van der Waals surface area contributed by atoms with Crippen LogP contribution in [0, 0.1) is 11.8 Å². The quantitative estimate of drug-likeness (QED) is 0.768. The highest BCUT2D eigenvalue weighted by Gasteiger charge is 2.36. The zero-order chi connectivity index (χ0) is 12.5. The van der Waals surface area contributed by atoms with Crippen molar-refractivity contribution in [1.29, 1.82) is 0 Å². The Hall–Kier alpha value is -1.38. The first-order chi connectivity index (χ1) is 8.72. The normalized spacial score (nSPS) is 25.8. The molecular formula is C15H16F2O. The lowest BCUT2D eigenvalue weighted by Gasteiger charge is -2.07. The minimum absolute atomic E-state index is 0.240. The van der Waals surface area contributed by atoms with Gasteiger partial charge in [-0.2, -0.15) is 8.78 Å². The SMILES string of the molecule is FC(F)Oc1cccc(C=C2C3CCC2CC3)c1. The van der Waals surface area contributed by atoms with Gasteiger partial charge in [0.25, 0.3) is 0 Å². The van der Waals surface area contributed by atoms with E-state index in [2.05, 4.69) is 10.8 Å². The minimum Gasteiger partial charge on any atom is -0.435 e. The van der Waals surface area contributed by atoms with E-state index in [0.717, 1.165) is 17.4 Å². The van der Waals surface area contributed by atoms with Crippen LogP contribution in [0.3, 0.4) is 0 Å². The van der Waals surface area contributed by atoms with Crippen LogP contribution < -0.4 is 4.74 Å². The summed E-state index contributed by atoms with van der Waals surface area (Å²) in [5, 5.41) is 0. The number of alkyl halides is 2. The maximum atomic E-state index is 12.2. The van der Waals surface area contributed by atoms with Crippen LogP contribution in [-0.4, -0.2) is 6.61 Å². The number of ether oxygens (including phenoxy) is 1. The maximum absolute atomic E-state index is 12.2. The summed E-state index contributed by atoms with van der Waals surface area (Å²) in [6.45, 7) is -2.75. The number of rotatable bonds is 3. The van der Waals surface area contributed by atoms with Gasteiger partial charge in [-0.25, -0.2) is 0 Å². The number of halogens is 2. The molecule has 3 rings (SSSR count). The largest absolute Gasteiger partial charge is 0.435 e. The van der Waals surface area contributed by atoms with E-state index in [1.54, 1.807) is 18.2 Å². The molecule has 96 valence electrons. The molecule has 1 nitrogen and oxygen atoms in total. The van der Waals surface area contributed by atoms with Crippen molar-refractivity contribution in [3.63, 3.8) is 0 Å². The Morgan fingerprint density at radius 3 is 2.39 bits per heavy atom. The Bertz CT molecular complexity index is 445. The molecule has 0 spiro atoms. The fraction of sp³-hybridized carbons (Fsp3) is 0.467. The van der Waals surface area contributed by atoms with Gasteiger partial charge in [-0.3, -0.25) is 0 Å². The van der Waals surface area contributed by atoms with Gasteiger partial charge in [-0.15, -0.1) is 0 Å². The Labute approximate surface area is 105 Å². The topological polar surface area (TPSA) is 9.23 Å². The van der Waals surface area contributed by atoms with E-state index in [9.17, 15) is 8.78 Å².